The third kappa shape index (κ3) is 3.46. The van der Waals surface area contributed by atoms with E-state index < -0.39 is 0 Å². The molecule has 3 nitrogen and oxygen atoms in total. The number of amides is 1. The number of hydrogen-bond acceptors (Lipinski definition) is 2. The van der Waals surface area contributed by atoms with Crippen molar-refractivity contribution in [2.24, 2.45) is 5.92 Å². The molecule has 0 unspecified atom stereocenters. The molecule has 0 saturated heterocycles. The van der Waals surface area contributed by atoms with Gasteiger partial charge in [0.15, 0.2) is 5.78 Å². The summed E-state index contributed by atoms with van der Waals surface area (Å²) in [5.74, 6) is 0.255. The summed E-state index contributed by atoms with van der Waals surface area (Å²) >= 11 is 0. The molecule has 1 N–H and O–H groups in total. The van der Waals surface area contributed by atoms with E-state index in [1.807, 2.05) is 38.1 Å². The van der Waals surface area contributed by atoms with E-state index in [-0.39, 0.29) is 17.7 Å². The lowest BCUT2D eigenvalue weighted by Gasteiger charge is -2.11. The predicted molar refractivity (Wildman–Crippen MR) is 89.7 cm³/mol. The van der Waals surface area contributed by atoms with Crippen LogP contribution >= 0.6 is 0 Å². The Balaban J connectivity index is 2.34. The SMILES string of the molecule is CC(C)CCCC1=C(C(=O)NC(C)C)C(=O)c2ccccc21. The summed E-state index contributed by atoms with van der Waals surface area (Å²) < 4.78 is 0. The van der Waals surface area contributed by atoms with Crippen LogP contribution in [-0.2, 0) is 4.79 Å². The predicted octanol–water partition coefficient (Wildman–Crippen LogP) is 3.99. The van der Waals surface area contributed by atoms with E-state index in [4.69, 9.17) is 0 Å². The number of rotatable bonds is 6. The lowest BCUT2D eigenvalue weighted by atomic mass is 9.97. The molecule has 0 bridgehead atoms. The highest BCUT2D eigenvalue weighted by atomic mass is 16.2. The first-order chi connectivity index (χ1) is 10.4. The minimum absolute atomic E-state index is 0.0217. The van der Waals surface area contributed by atoms with Crippen molar-refractivity contribution in [2.75, 3.05) is 0 Å². The number of Topliss-reactive ketones (excluding diaryl/α,β-unsaturated/α-hetero) is 1. The number of benzene rings is 1. The summed E-state index contributed by atoms with van der Waals surface area (Å²) in [5, 5.41) is 2.86. The smallest absolute Gasteiger partial charge is 0.255 e. The van der Waals surface area contributed by atoms with Crippen molar-refractivity contribution >= 4 is 17.3 Å². The van der Waals surface area contributed by atoms with Gasteiger partial charge in [-0.25, -0.2) is 0 Å². The third-order valence-electron chi connectivity index (χ3n) is 3.88. The largest absolute Gasteiger partial charge is 0.350 e. The van der Waals surface area contributed by atoms with Gasteiger partial charge < -0.3 is 5.32 Å². The molecule has 1 amide bonds. The molecule has 0 heterocycles. The van der Waals surface area contributed by atoms with Crippen LogP contribution in [0.1, 0.15) is 62.9 Å². The highest BCUT2D eigenvalue weighted by Crippen LogP contribution is 2.36. The van der Waals surface area contributed by atoms with Gasteiger partial charge in [-0.2, -0.15) is 0 Å². The van der Waals surface area contributed by atoms with Crippen molar-refractivity contribution in [3.05, 3.63) is 41.0 Å². The number of nitrogens with one attached hydrogen (secondary N) is 1. The molecule has 0 fully saturated rings. The molecule has 0 saturated carbocycles. The zero-order valence-corrected chi connectivity index (χ0v) is 13.9. The van der Waals surface area contributed by atoms with E-state index >= 15 is 0 Å². The van der Waals surface area contributed by atoms with Crippen molar-refractivity contribution in [1.29, 1.82) is 0 Å². The van der Waals surface area contributed by atoms with Crippen LogP contribution in [0.15, 0.2) is 29.8 Å². The molecule has 0 aromatic heterocycles. The zero-order chi connectivity index (χ0) is 16.3. The molecule has 2 rings (SSSR count). The van der Waals surface area contributed by atoms with Crippen LogP contribution in [-0.4, -0.2) is 17.7 Å². The molecule has 118 valence electrons. The average molecular weight is 299 g/mol. The molecule has 0 spiro atoms. The van der Waals surface area contributed by atoms with Crippen LogP contribution < -0.4 is 5.32 Å². The topological polar surface area (TPSA) is 46.2 Å². The molecule has 0 atom stereocenters. The van der Waals surface area contributed by atoms with Crippen molar-refractivity contribution in [2.45, 2.75) is 53.0 Å². The number of hydrogen-bond donors (Lipinski definition) is 1. The maximum Gasteiger partial charge on any atom is 0.255 e. The normalized spacial score (nSPS) is 14.0. The van der Waals surface area contributed by atoms with Gasteiger partial charge in [-0.1, -0.05) is 44.5 Å². The zero-order valence-electron chi connectivity index (χ0n) is 13.9. The summed E-state index contributed by atoms with van der Waals surface area (Å²) in [7, 11) is 0. The molecule has 0 aliphatic heterocycles. The second-order valence-electron chi connectivity index (χ2n) is 6.64. The molecule has 1 aliphatic rings. The first-order valence-electron chi connectivity index (χ1n) is 8.10. The van der Waals surface area contributed by atoms with Gasteiger partial charge in [-0.3, -0.25) is 9.59 Å². The standard InChI is InChI=1S/C19H25NO2/c1-12(2)8-7-11-15-14-9-5-6-10-16(14)18(21)17(15)19(22)20-13(3)4/h5-6,9-10,12-13H,7-8,11H2,1-4H3,(H,20,22). The minimum atomic E-state index is -0.240. The van der Waals surface area contributed by atoms with E-state index in [0.29, 0.717) is 17.1 Å². The number of fused-ring (bicyclic) bond motifs is 1. The summed E-state index contributed by atoms with van der Waals surface area (Å²) in [5.41, 5.74) is 2.86. The first kappa shape index (κ1) is 16.5. The van der Waals surface area contributed by atoms with Gasteiger partial charge in [0.25, 0.3) is 5.91 Å². The molecule has 1 aliphatic carbocycles. The van der Waals surface area contributed by atoms with Crippen LogP contribution in [0.2, 0.25) is 0 Å². The van der Waals surface area contributed by atoms with Crippen molar-refractivity contribution in [1.82, 2.24) is 5.32 Å². The fourth-order valence-corrected chi connectivity index (χ4v) is 2.87. The third-order valence-corrected chi connectivity index (χ3v) is 3.88. The monoisotopic (exact) mass is 299 g/mol. The van der Waals surface area contributed by atoms with E-state index in [1.165, 1.54) is 0 Å². The second kappa shape index (κ2) is 6.91. The Morgan fingerprint density at radius 2 is 1.73 bits per heavy atom. The number of allylic oxidation sites excluding steroid dienone is 1. The minimum Gasteiger partial charge on any atom is -0.350 e. The van der Waals surface area contributed by atoms with Crippen LogP contribution in [0, 0.1) is 5.92 Å². The van der Waals surface area contributed by atoms with Crippen LogP contribution in [0.4, 0.5) is 0 Å². The fourth-order valence-electron chi connectivity index (χ4n) is 2.87. The van der Waals surface area contributed by atoms with Crippen LogP contribution in [0.5, 0.6) is 0 Å². The highest BCUT2D eigenvalue weighted by molar-refractivity contribution is 6.34. The molecule has 22 heavy (non-hydrogen) atoms. The summed E-state index contributed by atoms with van der Waals surface area (Å²) in [6.45, 7) is 8.19. The quantitative estimate of drug-likeness (QED) is 0.807. The lowest BCUT2D eigenvalue weighted by Crippen LogP contribution is -2.33. The van der Waals surface area contributed by atoms with Gasteiger partial charge in [0, 0.05) is 11.6 Å². The van der Waals surface area contributed by atoms with Gasteiger partial charge in [-0.15, -0.1) is 0 Å². The second-order valence-corrected chi connectivity index (χ2v) is 6.64. The van der Waals surface area contributed by atoms with Crippen LogP contribution in [0.25, 0.3) is 5.57 Å². The van der Waals surface area contributed by atoms with Gasteiger partial charge >= 0.3 is 0 Å². The van der Waals surface area contributed by atoms with E-state index in [1.54, 1.807) is 0 Å². The molecular formula is C19H25NO2. The Hall–Kier alpha value is -1.90. The first-order valence-corrected chi connectivity index (χ1v) is 8.10. The van der Waals surface area contributed by atoms with Gasteiger partial charge in [0.1, 0.15) is 0 Å². The molecule has 1 aromatic rings. The fraction of sp³-hybridized carbons (Fsp3) is 0.474. The molecule has 3 heteroatoms. The lowest BCUT2D eigenvalue weighted by molar-refractivity contribution is -0.117. The molecular weight excluding hydrogens is 274 g/mol. The Kier molecular flexibility index (Phi) is 5.17. The highest BCUT2D eigenvalue weighted by Gasteiger charge is 2.33. The molecule has 1 aromatic carbocycles. The summed E-state index contributed by atoms with van der Waals surface area (Å²) in [6.07, 6.45) is 2.87. The maximum atomic E-state index is 12.6. The summed E-state index contributed by atoms with van der Waals surface area (Å²) in [6, 6.07) is 7.57. The Morgan fingerprint density at radius 1 is 1.09 bits per heavy atom. The number of carbonyl (C=O) groups excluding carboxylic acids is 2. The van der Waals surface area contributed by atoms with Gasteiger partial charge in [-0.05, 0) is 43.7 Å². The van der Waals surface area contributed by atoms with E-state index in [0.717, 1.165) is 30.4 Å². The van der Waals surface area contributed by atoms with Gasteiger partial charge in [0.05, 0.1) is 5.57 Å². The van der Waals surface area contributed by atoms with Crippen molar-refractivity contribution in [3.8, 4) is 0 Å². The van der Waals surface area contributed by atoms with E-state index in [2.05, 4.69) is 19.2 Å². The molecule has 0 radical (unpaired) electrons. The van der Waals surface area contributed by atoms with E-state index in [9.17, 15) is 9.59 Å². The average Bonchev–Trinajstić information content (AvgIpc) is 2.71. The van der Waals surface area contributed by atoms with Crippen LogP contribution in [0.3, 0.4) is 0 Å². The maximum absolute atomic E-state index is 12.6. The summed E-state index contributed by atoms with van der Waals surface area (Å²) in [4.78, 5) is 25.1. The Labute approximate surface area is 132 Å². The van der Waals surface area contributed by atoms with Crippen molar-refractivity contribution in [3.63, 3.8) is 0 Å². The number of carbonyl (C=O) groups is 2. The number of ketones is 1. The van der Waals surface area contributed by atoms with Crippen molar-refractivity contribution < 1.29 is 9.59 Å². The Morgan fingerprint density at radius 3 is 2.32 bits per heavy atom. The Bertz CT molecular complexity index is 612. The van der Waals surface area contributed by atoms with Gasteiger partial charge in [0.2, 0.25) is 0 Å².